The molecule has 1 aliphatic carbocycles. The van der Waals surface area contributed by atoms with Crippen molar-refractivity contribution in [3.05, 3.63) is 203 Å². The van der Waals surface area contributed by atoms with Gasteiger partial charge in [0.05, 0.1) is 11.0 Å². The molecule has 0 unspecified atom stereocenters. The Morgan fingerprint density at radius 2 is 1.29 bits per heavy atom. The standard InChI is InChI=1S/C66H64N4O.Pt/c1-63(2,3)40-42-21-19-30-57-62(42)69(47-34-44(65(7,8)9)33-45(35-47)66(10,11)12)41-68(57)46-22-20-23-48(37-46)71-49-38-55(60-52-26-15-13-24-50(52)51-25-14-16-27-53(51)60)61-54-28-17-18-29-56(54)70(58(61)39-49)59-36-43(31-32-67-59)64(4,5)6;/h13-36,38,60H,40H2,1-12H3;/q;+2/i13D,14D,15D,16D,24D,25D,26D,27D,40D2;. The fraction of sp³-hybridized carbons (Fsp3) is 0.273. The summed E-state index contributed by atoms with van der Waals surface area (Å²) < 4.78 is 105. The van der Waals surface area contributed by atoms with Gasteiger partial charge in [-0.3, -0.25) is 0 Å². The van der Waals surface area contributed by atoms with Crippen molar-refractivity contribution in [1.29, 1.82) is 0 Å². The zero-order chi connectivity index (χ0) is 58.5. The predicted octanol–water partition coefficient (Wildman–Crippen LogP) is 17.1. The van der Waals surface area contributed by atoms with Crippen molar-refractivity contribution in [1.82, 2.24) is 18.7 Å². The van der Waals surface area contributed by atoms with E-state index in [9.17, 15) is 8.22 Å². The number of benzene rings is 7. The monoisotopic (exact) mass is 1130 g/mol. The average molecular weight is 1130 g/mol. The van der Waals surface area contributed by atoms with Gasteiger partial charge in [0.2, 0.25) is 5.69 Å². The SMILES string of the molecule is [2H]c1c([2H])c([2H])c2c(c1[2H])-c1c([2H])c([2H])c([2H])c([2H])c1C2c1cc(Oc2[c-]c([N+]3=C=[N+](c4cc(C(C)(C)C)cc(C(C)(C)C)c4)c4c3cccc4C([2H])([2H])C(C)(C)C)ccc2)[c-]c2c1c1ccccc1n2-c1cc(C(C)(C)C)ccn1.[Pt+2]. The third kappa shape index (κ3) is 8.80. The van der Waals surface area contributed by atoms with E-state index in [4.69, 9.17) is 15.2 Å². The molecule has 0 spiro atoms. The molecule has 11 rings (SSSR count). The summed E-state index contributed by atoms with van der Waals surface area (Å²) in [6.45, 7) is 25.2. The van der Waals surface area contributed by atoms with Gasteiger partial charge in [-0.15, -0.1) is 23.8 Å². The summed E-state index contributed by atoms with van der Waals surface area (Å²) in [5.41, 5.74) is 7.03. The molecule has 0 fully saturated rings. The maximum absolute atomic E-state index is 9.68. The minimum atomic E-state index is -1.79. The van der Waals surface area contributed by atoms with Gasteiger partial charge in [0.25, 0.3) is 5.69 Å². The van der Waals surface area contributed by atoms with E-state index in [-0.39, 0.29) is 83.1 Å². The molecule has 0 bridgehead atoms. The molecule has 0 atom stereocenters. The molecule has 72 heavy (non-hydrogen) atoms. The molecule has 3 heterocycles. The summed E-state index contributed by atoms with van der Waals surface area (Å²) >= 11 is 0. The first kappa shape index (κ1) is 38.0. The number of para-hydroxylation sites is 2. The van der Waals surface area contributed by atoms with Crippen LogP contribution in [0.1, 0.15) is 142 Å². The number of fused-ring (bicyclic) bond motifs is 7. The zero-order valence-corrected chi connectivity index (χ0v) is 45.2. The summed E-state index contributed by atoms with van der Waals surface area (Å²) in [4.78, 5) is 4.93. The first-order valence-electron chi connectivity index (χ1n) is 29.3. The Morgan fingerprint density at radius 3 is 1.94 bits per heavy atom. The molecule has 2 aliphatic rings. The Bertz CT molecular complexity index is 4160. The van der Waals surface area contributed by atoms with E-state index in [1.165, 1.54) is 0 Å². The summed E-state index contributed by atoms with van der Waals surface area (Å²) in [6, 6.07) is 38.5. The molecule has 1 aliphatic heterocycles. The van der Waals surface area contributed by atoms with Crippen LogP contribution in [-0.4, -0.2) is 15.6 Å². The molecular weight excluding hydrogens is 1060 g/mol. The summed E-state index contributed by atoms with van der Waals surface area (Å²) in [5, 5.41) is 1.37. The third-order valence-electron chi connectivity index (χ3n) is 13.4. The van der Waals surface area contributed by atoms with Crippen molar-refractivity contribution in [2.75, 3.05) is 0 Å². The Morgan fingerprint density at radius 1 is 0.653 bits per heavy atom. The van der Waals surface area contributed by atoms with E-state index >= 15 is 0 Å². The van der Waals surface area contributed by atoms with Crippen molar-refractivity contribution >= 4 is 50.6 Å². The van der Waals surface area contributed by atoms with Gasteiger partial charge in [-0.25, -0.2) is 4.98 Å². The van der Waals surface area contributed by atoms with Crippen LogP contribution in [0.15, 0.2) is 152 Å². The molecule has 0 saturated carbocycles. The van der Waals surface area contributed by atoms with Crippen LogP contribution in [0.2, 0.25) is 0 Å². The van der Waals surface area contributed by atoms with Crippen molar-refractivity contribution in [2.24, 2.45) is 5.41 Å². The first-order chi connectivity index (χ1) is 37.8. The van der Waals surface area contributed by atoms with Gasteiger partial charge in [0.1, 0.15) is 11.5 Å². The smallest absolute Gasteiger partial charge is 0.509 e. The van der Waals surface area contributed by atoms with E-state index in [1.807, 2.05) is 101 Å². The number of ether oxygens (including phenoxy) is 1. The van der Waals surface area contributed by atoms with Crippen molar-refractivity contribution in [3.8, 4) is 28.4 Å². The van der Waals surface area contributed by atoms with Crippen LogP contribution in [0.5, 0.6) is 11.5 Å². The number of hydrogen-bond donors (Lipinski definition) is 0. The predicted molar refractivity (Wildman–Crippen MR) is 296 cm³/mol. The first-order valence-corrected chi connectivity index (χ1v) is 24.3. The van der Waals surface area contributed by atoms with Crippen LogP contribution in [0, 0.1) is 17.5 Å². The van der Waals surface area contributed by atoms with Gasteiger partial charge in [-0.2, -0.15) is 6.07 Å². The number of aromatic nitrogens is 2. The fourth-order valence-corrected chi connectivity index (χ4v) is 9.85. The summed E-state index contributed by atoms with van der Waals surface area (Å²) in [7, 11) is 0. The fourth-order valence-electron chi connectivity index (χ4n) is 9.85. The number of hydrogen-bond acceptors (Lipinski definition) is 2. The zero-order valence-electron chi connectivity index (χ0n) is 52.9. The largest absolute Gasteiger partial charge is 2.00 e. The Kier molecular flexibility index (Phi) is 9.42. The van der Waals surface area contributed by atoms with E-state index in [0.29, 0.717) is 44.9 Å². The summed E-state index contributed by atoms with van der Waals surface area (Å²) in [6.07, 6.45) is -0.0234. The van der Waals surface area contributed by atoms with Crippen LogP contribution in [0.3, 0.4) is 0 Å². The second-order valence-electron chi connectivity index (χ2n) is 22.9. The van der Waals surface area contributed by atoms with Crippen molar-refractivity contribution < 1.29 is 39.5 Å². The van der Waals surface area contributed by atoms with Crippen LogP contribution >= 0.6 is 0 Å². The Balaban J connectivity index is 0.00000753. The third-order valence-corrected chi connectivity index (χ3v) is 13.4. The second-order valence-corrected chi connectivity index (χ2v) is 22.9. The van der Waals surface area contributed by atoms with E-state index < -0.39 is 54.0 Å². The minimum absolute atomic E-state index is 0. The molecule has 5 nitrogen and oxygen atoms in total. The molecule has 362 valence electrons. The molecule has 6 heteroatoms. The van der Waals surface area contributed by atoms with E-state index in [0.717, 1.165) is 33.3 Å². The van der Waals surface area contributed by atoms with Gasteiger partial charge < -0.3 is 9.30 Å². The maximum Gasteiger partial charge on any atom is 2.00 e. The van der Waals surface area contributed by atoms with Gasteiger partial charge in [-0.05, 0) is 95.1 Å². The molecule has 0 N–H and O–H groups in total. The van der Waals surface area contributed by atoms with Crippen LogP contribution < -0.4 is 13.9 Å². The topological polar surface area (TPSA) is 33.1 Å². The quantitative estimate of drug-likeness (QED) is 0.118. The number of rotatable bonds is 7. The van der Waals surface area contributed by atoms with Crippen LogP contribution in [0.4, 0.5) is 22.7 Å². The normalized spacial score (nSPS) is 15.8. The molecule has 2 aromatic heterocycles. The van der Waals surface area contributed by atoms with Crippen molar-refractivity contribution in [3.63, 3.8) is 0 Å². The molecule has 7 aromatic carbocycles. The summed E-state index contributed by atoms with van der Waals surface area (Å²) in [5.74, 6) is -0.104. The molecule has 9 aromatic rings. The van der Waals surface area contributed by atoms with Gasteiger partial charge >= 0.3 is 32.8 Å². The van der Waals surface area contributed by atoms with Crippen molar-refractivity contribution in [2.45, 2.75) is 112 Å². The maximum atomic E-state index is 9.68. The average Bonchev–Trinajstić information content (AvgIpc) is 4.06. The van der Waals surface area contributed by atoms with Crippen LogP contribution in [0.25, 0.3) is 38.8 Å². The second kappa shape index (κ2) is 17.8. The van der Waals surface area contributed by atoms with E-state index in [2.05, 4.69) is 98.7 Å². The Labute approximate surface area is 454 Å². The van der Waals surface area contributed by atoms with Gasteiger partial charge in [-0.1, -0.05) is 195 Å². The minimum Gasteiger partial charge on any atom is -0.509 e. The molecular formula is C66H64N4OPt+2. The van der Waals surface area contributed by atoms with Gasteiger partial charge in [0, 0.05) is 55.6 Å². The molecule has 0 amide bonds. The molecule has 0 radical (unpaired) electrons. The molecule has 0 saturated heterocycles. The Hall–Kier alpha value is -6.64. The number of pyridine rings is 1. The number of nitrogens with zero attached hydrogens (tertiary/aromatic N) is 4. The van der Waals surface area contributed by atoms with Gasteiger partial charge in [0.15, 0.2) is 0 Å². The van der Waals surface area contributed by atoms with Crippen LogP contribution in [-0.2, 0) is 43.7 Å². The van der Waals surface area contributed by atoms with E-state index in [1.54, 1.807) is 18.3 Å².